The second kappa shape index (κ2) is 9.82. The predicted octanol–water partition coefficient (Wildman–Crippen LogP) is 3.86. The van der Waals surface area contributed by atoms with Crippen LogP contribution in [-0.2, 0) is 16.1 Å². The van der Waals surface area contributed by atoms with E-state index in [1.165, 1.54) is 0 Å². The maximum atomic E-state index is 13.4. The van der Waals surface area contributed by atoms with Crippen LogP contribution in [0.3, 0.4) is 0 Å². The van der Waals surface area contributed by atoms with Gasteiger partial charge in [0.1, 0.15) is 12.0 Å². The molecular formula is C24H29N5O3S. The minimum absolute atomic E-state index is 0.0256. The maximum absolute atomic E-state index is 13.4. The van der Waals surface area contributed by atoms with Gasteiger partial charge in [0.2, 0.25) is 17.7 Å². The predicted molar refractivity (Wildman–Crippen MR) is 125 cm³/mol. The fourth-order valence-corrected chi connectivity index (χ4v) is 5.07. The van der Waals surface area contributed by atoms with Gasteiger partial charge in [-0.1, -0.05) is 43.3 Å². The van der Waals surface area contributed by atoms with E-state index in [2.05, 4.69) is 20.4 Å². The smallest absolute Gasteiger partial charge is 0.243 e. The summed E-state index contributed by atoms with van der Waals surface area (Å²) in [6.45, 7) is 8.59. The molecule has 3 heterocycles. The van der Waals surface area contributed by atoms with Gasteiger partial charge in [-0.25, -0.2) is 4.98 Å². The third kappa shape index (κ3) is 4.98. The second-order valence-electron chi connectivity index (χ2n) is 8.77. The van der Waals surface area contributed by atoms with Crippen LogP contribution in [0.2, 0.25) is 0 Å². The Hall–Kier alpha value is -3.07. The van der Waals surface area contributed by atoms with Gasteiger partial charge in [0.05, 0.1) is 16.1 Å². The van der Waals surface area contributed by atoms with Crippen LogP contribution in [0.15, 0.2) is 34.3 Å². The second-order valence-corrected chi connectivity index (χ2v) is 9.63. The van der Waals surface area contributed by atoms with Crippen molar-refractivity contribution < 1.29 is 14.1 Å². The number of rotatable bonds is 7. The summed E-state index contributed by atoms with van der Waals surface area (Å²) >= 11 is 1.62. The highest BCUT2D eigenvalue weighted by atomic mass is 32.1. The molecule has 0 spiro atoms. The van der Waals surface area contributed by atoms with Crippen LogP contribution in [0.5, 0.6) is 0 Å². The Bertz CT molecular complexity index is 1120. The number of aryl methyl sites for hydroxylation is 2. The van der Waals surface area contributed by atoms with E-state index in [0.717, 1.165) is 28.1 Å². The molecule has 1 fully saturated rings. The molecule has 0 bridgehead atoms. The number of aromatic nitrogens is 3. The number of carbonyl (C=O) groups excluding carboxylic acids is 2. The SMILES string of the molecule is Cc1noc(C(C(=O)N2CCC[C@H]2C(=O)NCc2ccc(-c3scnc3C)cc2)C(C)C)n1. The lowest BCUT2D eigenvalue weighted by Crippen LogP contribution is -2.48. The third-order valence-electron chi connectivity index (χ3n) is 6.01. The van der Waals surface area contributed by atoms with Gasteiger partial charge in [-0.15, -0.1) is 11.3 Å². The Balaban J connectivity index is 1.40. The van der Waals surface area contributed by atoms with Crippen LogP contribution in [0.1, 0.15) is 55.6 Å². The largest absolute Gasteiger partial charge is 0.350 e. The fourth-order valence-electron chi connectivity index (χ4n) is 4.26. The van der Waals surface area contributed by atoms with E-state index in [4.69, 9.17) is 4.52 Å². The summed E-state index contributed by atoms with van der Waals surface area (Å²) in [4.78, 5) is 37.8. The van der Waals surface area contributed by atoms with Gasteiger partial charge in [-0.3, -0.25) is 9.59 Å². The Morgan fingerprint density at radius 3 is 2.61 bits per heavy atom. The van der Waals surface area contributed by atoms with Crippen LogP contribution >= 0.6 is 11.3 Å². The zero-order chi connectivity index (χ0) is 23.5. The van der Waals surface area contributed by atoms with E-state index in [9.17, 15) is 9.59 Å². The maximum Gasteiger partial charge on any atom is 0.243 e. The number of nitrogens with one attached hydrogen (secondary N) is 1. The first-order valence-corrected chi connectivity index (χ1v) is 12.1. The molecule has 2 atom stereocenters. The van der Waals surface area contributed by atoms with Crippen LogP contribution in [0.25, 0.3) is 10.4 Å². The number of hydrogen-bond acceptors (Lipinski definition) is 7. The van der Waals surface area contributed by atoms with Crippen molar-refractivity contribution in [3.8, 4) is 10.4 Å². The van der Waals surface area contributed by atoms with Gasteiger partial charge in [-0.2, -0.15) is 4.98 Å². The summed E-state index contributed by atoms with van der Waals surface area (Å²) in [5.74, 6) is -0.0294. The molecule has 0 radical (unpaired) electrons. The Morgan fingerprint density at radius 2 is 2.00 bits per heavy atom. The lowest BCUT2D eigenvalue weighted by Gasteiger charge is -2.28. The van der Waals surface area contributed by atoms with E-state index in [1.807, 2.05) is 50.5 Å². The molecule has 1 saturated heterocycles. The van der Waals surface area contributed by atoms with Crippen molar-refractivity contribution in [2.75, 3.05) is 6.54 Å². The van der Waals surface area contributed by atoms with E-state index in [-0.39, 0.29) is 17.7 Å². The van der Waals surface area contributed by atoms with E-state index in [0.29, 0.717) is 31.2 Å². The van der Waals surface area contributed by atoms with Crippen LogP contribution in [0.4, 0.5) is 0 Å². The van der Waals surface area contributed by atoms with Crippen LogP contribution < -0.4 is 5.32 Å². The molecule has 2 amide bonds. The average Bonchev–Trinajstić information content (AvgIpc) is 3.53. The number of amides is 2. The molecule has 33 heavy (non-hydrogen) atoms. The van der Waals surface area contributed by atoms with Crippen LogP contribution in [0, 0.1) is 19.8 Å². The summed E-state index contributed by atoms with van der Waals surface area (Å²) in [7, 11) is 0. The van der Waals surface area contributed by atoms with Crippen molar-refractivity contribution >= 4 is 23.2 Å². The quantitative estimate of drug-likeness (QED) is 0.566. The molecule has 4 rings (SSSR count). The summed E-state index contributed by atoms with van der Waals surface area (Å²) in [6.07, 6.45) is 1.44. The van der Waals surface area contributed by atoms with E-state index in [1.54, 1.807) is 23.2 Å². The van der Waals surface area contributed by atoms with Gasteiger partial charge in [-0.05, 0) is 43.7 Å². The molecule has 1 aliphatic heterocycles. The first-order chi connectivity index (χ1) is 15.8. The highest BCUT2D eigenvalue weighted by Gasteiger charge is 2.40. The number of benzene rings is 1. The lowest BCUT2D eigenvalue weighted by atomic mass is 9.93. The number of hydrogen-bond donors (Lipinski definition) is 1. The van der Waals surface area contributed by atoms with Crippen molar-refractivity contribution in [3.05, 3.63) is 52.7 Å². The summed E-state index contributed by atoms with van der Waals surface area (Å²) in [5.41, 5.74) is 4.99. The number of likely N-dealkylation sites (tertiary alicyclic amines) is 1. The monoisotopic (exact) mass is 467 g/mol. The van der Waals surface area contributed by atoms with Gasteiger partial charge in [0, 0.05) is 13.1 Å². The Morgan fingerprint density at radius 1 is 1.24 bits per heavy atom. The van der Waals surface area contributed by atoms with Crippen LogP contribution in [-0.4, -0.2) is 44.4 Å². The molecule has 1 N–H and O–H groups in total. The minimum Gasteiger partial charge on any atom is -0.350 e. The molecule has 9 heteroatoms. The molecular weight excluding hydrogens is 438 g/mol. The van der Waals surface area contributed by atoms with Gasteiger partial charge < -0.3 is 14.7 Å². The summed E-state index contributed by atoms with van der Waals surface area (Å²) < 4.78 is 5.30. The molecule has 1 aromatic carbocycles. The molecule has 1 aliphatic rings. The average molecular weight is 468 g/mol. The standard InChI is InChI=1S/C24H29N5O3S/c1-14(2)20(23-27-16(4)28-32-23)24(31)29-11-5-6-19(29)22(30)25-12-17-7-9-18(10-8-17)21-15(3)26-13-33-21/h7-10,13-14,19-20H,5-6,11-12H2,1-4H3,(H,25,30)/t19-,20?/m0/s1. The van der Waals surface area contributed by atoms with Crippen molar-refractivity contribution in [2.45, 2.75) is 59.0 Å². The van der Waals surface area contributed by atoms with Gasteiger partial charge in [0.15, 0.2) is 5.82 Å². The van der Waals surface area contributed by atoms with E-state index < -0.39 is 12.0 Å². The molecule has 2 aromatic heterocycles. The Labute approximate surface area is 197 Å². The fraction of sp³-hybridized carbons (Fsp3) is 0.458. The molecule has 0 aliphatic carbocycles. The van der Waals surface area contributed by atoms with Crippen molar-refractivity contribution in [1.82, 2.24) is 25.3 Å². The first kappa shape index (κ1) is 23.1. The molecule has 8 nitrogen and oxygen atoms in total. The summed E-state index contributed by atoms with van der Waals surface area (Å²) in [6, 6.07) is 7.64. The van der Waals surface area contributed by atoms with Crippen molar-refractivity contribution in [1.29, 1.82) is 0 Å². The van der Waals surface area contributed by atoms with Crippen molar-refractivity contribution in [2.24, 2.45) is 5.92 Å². The molecule has 0 saturated carbocycles. The van der Waals surface area contributed by atoms with Gasteiger partial charge >= 0.3 is 0 Å². The third-order valence-corrected chi connectivity index (χ3v) is 6.99. The minimum atomic E-state index is -0.553. The molecule has 174 valence electrons. The molecule has 3 aromatic rings. The van der Waals surface area contributed by atoms with Crippen molar-refractivity contribution in [3.63, 3.8) is 0 Å². The zero-order valence-electron chi connectivity index (χ0n) is 19.4. The number of carbonyl (C=O) groups is 2. The highest BCUT2D eigenvalue weighted by molar-refractivity contribution is 7.13. The lowest BCUT2D eigenvalue weighted by molar-refractivity contribution is -0.140. The normalized spacial score (nSPS) is 16.9. The van der Waals surface area contributed by atoms with Gasteiger partial charge in [0.25, 0.3) is 0 Å². The topological polar surface area (TPSA) is 101 Å². The zero-order valence-corrected chi connectivity index (χ0v) is 20.2. The molecule has 1 unspecified atom stereocenters. The summed E-state index contributed by atoms with van der Waals surface area (Å²) in [5, 5.41) is 6.84. The highest BCUT2D eigenvalue weighted by Crippen LogP contribution is 2.30. The Kier molecular flexibility index (Phi) is 6.88. The van der Waals surface area contributed by atoms with E-state index >= 15 is 0 Å². The number of thiazole rings is 1. The number of nitrogens with zero attached hydrogens (tertiary/aromatic N) is 4. The first-order valence-electron chi connectivity index (χ1n) is 11.2.